The Morgan fingerprint density at radius 2 is 2.15 bits per heavy atom. The Hall–Kier alpha value is -2.91. The van der Waals surface area contributed by atoms with Gasteiger partial charge in [0.25, 0.3) is 0 Å². The van der Waals surface area contributed by atoms with Crippen molar-refractivity contribution >= 4 is 17.4 Å². The predicted octanol–water partition coefficient (Wildman–Crippen LogP) is 1.60. The number of carbonyl (C=O) groups excluding carboxylic acids is 1. The molecule has 0 radical (unpaired) electrons. The van der Waals surface area contributed by atoms with Crippen LogP contribution in [0.5, 0.6) is 0 Å². The number of aromatic nitrogens is 2. The molecular formula is C25H32N6O3. The van der Waals surface area contributed by atoms with Crippen LogP contribution in [0.15, 0.2) is 29.6 Å². The summed E-state index contributed by atoms with van der Waals surface area (Å²) in [6.07, 6.45) is 6.61. The number of hydrazone groups is 1. The minimum Gasteiger partial charge on any atom is -0.392 e. The molecule has 6 rings (SSSR count). The van der Waals surface area contributed by atoms with Gasteiger partial charge in [-0.15, -0.1) is 0 Å². The summed E-state index contributed by atoms with van der Waals surface area (Å²) in [5, 5.41) is 22.1. The number of hydrogen-bond acceptors (Lipinski definition) is 7. The van der Waals surface area contributed by atoms with Gasteiger partial charge in [-0.3, -0.25) is 14.5 Å². The number of nitrogens with zero attached hydrogens (tertiary/aromatic N) is 6. The number of ether oxygens (including phenoxy) is 1. The minimum absolute atomic E-state index is 0.0105. The molecule has 1 aromatic carbocycles. The molecule has 1 amide bonds. The van der Waals surface area contributed by atoms with E-state index in [2.05, 4.69) is 27.1 Å². The lowest BCUT2D eigenvalue weighted by Crippen LogP contribution is -2.53. The number of anilines is 1. The van der Waals surface area contributed by atoms with E-state index in [0.717, 1.165) is 73.8 Å². The second kappa shape index (κ2) is 8.39. The lowest BCUT2D eigenvalue weighted by molar-refractivity contribution is -0.130. The number of amidine groups is 1. The van der Waals surface area contributed by atoms with Gasteiger partial charge < -0.3 is 19.6 Å². The molecule has 180 valence electrons. The first-order valence-corrected chi connectivity index (χ1v) is 12.3. The second-order valence-electron chi connectivity index (χ2n) is 9.83. The van der Waals surface area contributed by atoms with E-state index in [0.29, 0.717) is 18.6 Å². The summed E-state index contributed by atoms with van der Waals surface area (Å²) >= 11 is 0. The molecule has 3 unspecified atom stereocenters. The molecular weight excluding hydrogens is 432 g/mol. The molecule has 34 heavy (non-hydrogen) atoms. The van der Waals surface area contributed by atoms with Crippen LogP contribution in [0.25, 0.3) is 11.1 Å². The van der Waals surface area contributed by atoms with E-state index in [1.807, 2.05) is 24.3 Å². The predicted molar refractivity (Wildman–Crippen MR) is 128 cm³/mol. The van der Waals surface area contributed by atoms with E-state index in [-0.39, 0.29) is 18.4 Å². The number of aliphatic hydroxyl groups excluding tert-OH is 1. The molecule has 4 aliphatic heterocycles. The van der Waals surface area contributed by atoms with Crippen molar-refractivity contribution in [2.45, 2.75) is 44.9 Å². The van der Waals surface area contributed by atoms with Crippen LogP contribution >= 0.6 is 0 Å². The molecule has 1 N–H and O–H groups in total. The first-order valence-electron chi connectivity index (χ1n) is 12.3. The van der Waals surface area contributed by atoms with Gasteiger partial charge in [0.05, 0.1) is 37.4 Å². The van der Waals surface area contributed by atoms with Gasteiger partial charge in [-0.05, 0) is 42.0 Å². The maximum Gasteiger partial charge on any atom is 0.219 e. The largest absolute Gasteiger partial charge is 0.392 e. The molecule has 1 aromatic heterocycles. The van der Waals surface area contributed by atoms with E-state index >= 15 is 0 Å². The van der Waals surface area contributed by atoms with Crippen LogP contribution in [0.1, 0.15) is 30.9 Å². The number of piperidine rings is 1. The zero-order chi connectivity index (χ0) is 23.4. The zero-order valence-electron chi connectivity index (χ0n) is 19.9. The van der Waals surface area contributed by atoms with Crippen LogP contribution in [0.2, 0.25) is 0 Å². The Balaban J connectivity index is 1.37. The van der Waals surface area contributed by atoms with Crippen LogP contribution in [0.3, 0.4) is 0 Å². The molecule has 4 aliphatic rings. The SMILES string of the molecule is CC(=O)N1CCC2C(C1)C(N1CCc3c1ccc(-c1cnn(C)c1)c3CO)=NN2C1CCOC1. The first kappa shape index (κ1) is 21.6. The normalized spacial score (nSPS) is 26.1. The van der Waals surface area contributed by atoms with Crippen molar-refractivity contribution in [1.82, 2.24) is 19.7 Å². The van der Waals surface area contributed by atoms with Crippen molar-refractivity contribution < 1.29 is 14.6 Å². The average Bonchev–Trinajstić information content (AvgIpc) is 3.63. The smallest absolute Gasteiger partial charge is 0.219 e. The molecule has 2 aromatic rings. The standard InChI is InChI=1S/C25H32N6O3/c1-16(33)29-8-6-24-21(13-29)25(27-31(24)18-7-10-34-15-18)30-9-5-20-22(14-32)19(3-4-23(20)30)17-11-26-28(2)12-17/h3-4,11-12,18,21,24,32H,5-10,13-15H2,1-2H3. The molecule has 0 aliphatic carbocycles. The number of likely N-dealkylation sites (tertiary alicyclic amines) is 1. The molecule has 9 nitrogen and oxygen atoms in total. The number of amides is 1. The van der Waals surface area contributed by atoms with Gasteiger partial charge in [0.1, 0.15) is 5.84 Å². The number of carbonyl (C=O) groups is 1. The molecule has 0 saturated carbocycles. The molecule has 3 atom stereocenters. The molecule has 2 fully saturated rings. The summed E-state index contributed by atoms with van der Waals surface area (Å²) in [7, 11) is 1.90. The fourth-order valence-corrected chi connectivity index (χ4v) is 6.21. The van der Waals surface area contributed by atoms with Crippen LogP contribution in [-0.2, 0) is 29.6 Å². The lowest BCUT2D eigenvalue weighted by atomic mass is 9.90. The number of rotatable bonds is 3. The van der Waals surface area contributed by atoms with E-state index in [9.17, 15) is 9.90 Å². The number of benzene rings is 1. The van der Waals surface area contributed by atoms with Crippen molar-refractivity contribution in [2.24, 2.45) is 18.1 Å². The summed E-state index contributed by atoms with van der Waals surface area (Å²) < 4.78 is 7.48. The topological polar surface area (TPSA) is 86.4 Å². The highest BCUT2D eigenvalue weighted by molar-refractivity contribution is 6.03. The Morgan fingerprint density at radius 1 is 1.26 bits per heavy atom. The summed E-state index contributed by atoms with van der Waals surface area (Å²) in [5.41, 5.74) is 5.33. The number of hydrogen-bond donors (Lipinski definition) is 1. The number of aliphatic hydroxyl groups is 1. The molecule has 2 saturated heterocycles. The monoisotopic (exact) mass is 464 g/mol. The van der Waals surface area contributed by atoms with Crippen LogP contribution < -0.4 is 4.90 Å². The molecule has 0 bridgehead atoms. The van der Waals surface area contributed by atoms with Crippen LogP contribution in [0, 0.1) is 5.92 Å². The maximum atomic E-state index is 12.2. The van der Waals surface area contributed by atoms with Crippen molar-refractivity contribution in [3.63, 3.8) is 0 Å². The lowest BCUT2D eigenvalue weighted by Gasteiger charge is -2.39. The Bertz CT molecular complexity index is 1140. The zero-order valence-corrected chi connectivity index (χ0v) is 19.9. The van der Waals surface area contributed by atoms with Gasteiger partial charge in [-0.25, -0.2) is 0 Å². The quantitative estimate of drug-likeness (QED) is 0.743. The number of fused-ring (bicyclic) bond motifs is 2. The van der Waals surface area contributed by atoms with E-state index in [1.165, 1.54) is 5.56 Å². The van der Waals surface area contributed by atoms with Gasteiger partial charge in [-0.1, -0.05) is 6.07 Å². The Kier molecular flexibility index (Phi) is 5.33. The van der Waals surface area contributed by atoms with Crippen molar-refractivity contribution in [1.29, 1.82) is 0 Å². The maximum absolute atomic E-state index is 12.2. The fourth-order valence-electron chi connectivity index (χ4n) is 6.21. The van der Waals surface area contributed by atoms with E-state index in [4.69, 9.17) is 9.84 Å². The third-order valence-corrected chi connectivity index (χ3v) is 7.92. The molecule has 5 heterocycles. The summed E-state index contributed by atoms with van der Waals surface area (Å²) in [5.74, 6) is 1.37. The van der Waals surface area contributed by atoms with Gasteiger partial charge >= 0.3 is 0 Å². The third-order valence-electron chi connectivity index (χ3n) is 7.92. The summed E-state index contributed by atoms with van der Waals surface area (Å²) in [4.78, 5) is 16.5. The average molecular weight is 465 g/mol. The Morgan fingerprint density at radius 3 is 2.85 bits per heavy atom. The number of aryl methyl sites for hydroxylation is 1. The third kappa shape index (κ3) is 3.41. The molecule has 9 heteroatoms. The van der Waals surface area contributed by atoms with E-state index < -0.39 is 0 Å². The highest BCUT2D eigenvalue weighted by atomic mass is 16.5. The van der Waals surface area contributed by atoms with Gasteiger partial charge in [0.2, 0.25) is 5.91 Å². The van der Waals surface area contributed by atoms with Gasteiger partial charge in [0.15, 0.2) is 0 Å². The van der Waals surface area contributed by atoms with Gasteiger partial charge in [0, 0.05) is 57.7 Å². The highest BCUT2D eigenvalue weighted by Gasteiger charge is 2.47. The van der Waals surface area contributed by atoms with E-state index in [1.54, 1.807) is 11.6 Å². The fraction of sp³-hybridized carbons (Fsp3) is 0.560. The minimum atomic E-state index is -0.0105. The van der Waals surface area contributed by atoms with Crippen LogP contribution in [0.4, 0.5) is 5.69 Å². The van der Waals surface area contributed by atoms with Crippen molar-refractivity contribution in [3.05, 3.63) is 35.7 Å². The first-order chi connectivity index (χ1) is 16.5. The Labute approximate surface area is 199 Å². The summed E-state index contributed by atoms with van der Waals surface area (Å²) in [6, 6.07) is 4.86. The second-order valence-corrected chi connectivity index (χ2v) is 9.83. The van der Waals surface area contributed by atoms with Crippen molar-refractivity contribution in [3.8, 4) is 11.1 Å². The highest BCUT2D eigenvalue weighted by Crippen LogP contribution is 2.41. The van der Waals surface area contributed by atoms with Gasteiger partial charge in [-0.2, -0.15) is 10.2 Å². The summed E-state index contributed by atoms with van der Waals surface area (Å²) in [6.45, 7) is 5.47. The van der Waals surface area contributed by atoms with Crippen LogP contribution in [-0.4, -0.2) is 81.5 Å². The molecule has 0 spiro atoms. The van der Waals surface area contributed by atoms with Crippen molar-refractivity contribution in [2.75, 3.05) is 37.7 Å².